The van der Waals surface area contributed by atoms with Gasteiger partial charge in [0.15, 0.2) is 0 Å². The fourth-order valence-corrected chi connectivity index (χ4v) is 4.72. The zero-order valence-electron chi connectivity index (χ0n) is 16.6. The highest BCUT2D eigenvalue weighted by Gasteiger charge is 2.25. The summed E-state index contributed by atoms with van der Waals surface area (Å²) in [6, 6.07) is 16.5. The van der Waals surface area contributed by atoms with Gasteiger partial charge in [-0.2, -0.15) is 4.31 Å². The number of hydrogen-bond acceptors (Lipinski definition) is 3. The molecule has 0 aromatic heterocycles. The summed E-state index contributed by atoms with van der Waals surface area (Å²) < 4.78 is 28.0. The van der Waals surface area contributed by atoms with Crippen LogP contribution in [0.3, 0.4) is 0 Å². The molecular formula is C22H30ClNO3S. The topological polar surface area (TPSA) is 57.6 Å². The van der Waals surface area contributed by atoms with Gasteiger partial charge in [0.2, 0.25) is 10.0 Å². The molecule has 0 fully saturated rings. The summed E-state index contributed by atoms with van der Waals surface area (Å²) in [5.41, 5.74) is 1.21. The van der Waals surface area contributed by atoms with Crippen LogP contribution in [0.1, 0.15) is 44.6 Å². The first-order valence-corrected chi connectivity index (χ1v) is 11.6. The molecule has 0 spiro atoms. The van der Waals surface area contributed by atoms with E-state index in [2.05, 4.69) is 19.1 Å². The molecule has 4 nitrogen and oxygen atoms in total. The molecule has 154 valence electrons. The van der Waals surface area contributed by atoms with Crippen LogP contribution < -0.4 is 0 Å². The van der Waals surface area contributed by atoms with Crippen molar-refractivity contribution in [3.63, 3.8) is 0 Å². The molecule has 0 aliphatic heterocycles. The Balaban J connectivity index is 2.14. The predicted molar refractivity (Wildman–Crippen MR) is 115 cm³/mol. The van der Waals surface area contributed by atoms with Crippen molar-refractivity contribution in [1.29, 1.82) is 0 Å². The summed E-state index contributed by atoms with van der Waals surface area (Å²) in [5.74, 6) is 0.526. The second kappa shape index (κ2) is 11.0. The molecule has 0 saturated heterocycles. The van der Waals surface area contributed by atoms with Gasteiger partial charge in [-0.05, 0) is 60.9 Å². The molecule has 1 N–H and O–H groups in total. The molecule has 2 atom stereocenters. The number of halogens is 1. The van der Waals surface area contributed by atoms with Crippen LogP contribution in [-0.2, 0) is 10.0 Å². The van der Waals surface area contributed by atoms with E-state index in [4.69, 9.17) is 16.7 Å². The Bertz CT molecular complexity index is 809. The average molecular weight is 424 g/mol. The molecule has 0 aliphatic carbocycles. The first kappa shape index (κ1) is 22.9. The highest BCUT2D eigenvalue weighted by atomic mass is 35.5. The maximum Gasteiger partial charge on any atom is 0.243 e. The minimum atomic E-state index is -3.59. The van der Waals surface area contributed by atoms with Crippen LogP contribution >= 0.6 is 11.6 Å². The molecule has 0 heterocycles. The molecule has 6 heteroatoms. The van der Waals surface area contributed by atoms with E-state index in [1.54, 1.807) is 28.6 Å². The largest absolute Gasteiger partial charge is 0.396 e. The lowest BCUT2D eigenvalue weighted by atomic mass is 9.98. The SMILES string of the molecule is CC(CCN(CC[C@@H](C)CCO)S(=O)(=O)c1ccc(Cl)cc1)c1ccccc1. The third kappa shape index (κ3) is 6.59. The monoisotopic (exact) mass is 423 g/mol. The van der Waals surface area contributed by atoms with E-state index in [-0.39, 0.29) is 23.3 Å². The predicted octanol–water partition coefficient (Wildman–Crippen LogP) is 4.93. The van der Waals surface area contributed by atoms with Crippen LogP contribution in [0.4, 0.5) is 0 Å². The van der Waals surface area contributed by atoms with Crippen LogP contribution in [0, 0.1) is 5.92 Å². The smallest absolute Gasteiger partial charge is 0.243 e. The maximum absolute atomic E-state index is 13.2. The van der Waals surface area contributed by atoms with Gasteiger partial charge in [-0.1, -0.05) is 55.8 Å². The summed E-state index contributed by atoms with van der Waals surface area (Å²) in [6.07, 6.45) is 2.13. The number of rotatable bonds is 11. The number of sulfonamides is 1. The van der Waals surface area contributed by atoms with Crippen molar-refractivity contribution in [3.05, 3.63) is 65.2 Å². The van der Waals surface area contributed by atoms with E-state index in [0.717, 1.165) is 6.42 Å². The van der Waals surface area contributed by atoms with Crippen LogP contribution in [0.15, 0.2) is 59.5 Å². The molecule has 0 bridgehead atoms. The second-order valence-electron chi connectivity index (χ2n) is 7.36. The first-order chi connectivity index (χ1) is 13.3. The average Bonchev–Trinajstić information content (AvgIpc) is 2.68. The van der Waals surface area contributed by atoms with Crippen LogP contribution in [0.5, 0.6) is 0 Å². The fourth-order valence-electron chi connectivity index (χ4n) is 3.12. The number of nitrogens with zero attached hydrogens (tertiary/aromatic N) is 1. The quantitative estimate of drug-likeness (QED) is 0.557. The van der Waals surface area contributed by atoms with E-state index < -0.39 is 10.0 Å². The highest BCUT2D eigenvalue weighted by molar-refractivity contribution is 7.89. The Kier molecular flexibility index (Phi) is 8.96. The minimum absolute atomic E-state index is 0.121. The van der Waals surface area contributed by atoms with Crippen LogP contribution in [-0.4, -0.2) is 37.5 Å². The first-order valence-electron chi connectivity index (χ1n) is 9.76. The second-order valence-corrected chi connectivity index (χ2v) is 9.74. The highest BCUT2D eigenvalue weighted by Crippen LogP contribution is 2.24. The molecular weight excluding hydrogens is 394 g/mol. The van der Waals surface area contributed by atoms with Crippen LogP contribution in [0.2, 0.25) is 5.02 Å². The maximum atomic E-state index is 13.2. The number of aliphatic hydroxyl groups excluding tert-OH is 1. The fraction of sp³-hybridized carbons (Fsp3) is 0.455. The third-order valence-electron chi connectivity index (χ3n) is 5.12. The molecule has 0 saturated carbocycles. The van der Waals surface area contributed by atoms with E-state index in [9.17, 15) is 8.42 Å². The van der Waals surface area contributed by atoms with E-state index in [1.165, 1.54) is 5.56 Å². The van der Waals surface area contributed by atoms with Gasteiger partial charge >= 0.3 is 0 Å². The zero-order valence-corrected chi connectivity index (χ0v) is 18.2. The van der Waals surface area contributed by atoms with Crippen molar-refractivity contribution in [2.24, 2.45) is 5.92 Å². The molecule has 1 unspecified atom stereocenters. The Morgan fingerprint density at radius 1 is 0.929 bits per heavy atom. The standard InChI is InChI=1S/C22H30ClNO3S/c1-18(14-17-25)12-15-24(16-13-19(2)20-6-4-3-5-7-20)28(26,27)22-10-8-21(23)9-11-22/h3-11,18-19,25H,12-17H2,1-2H3/t18-,19?/m1/s1. The molecule has 2 aromatic carbocycles. The lowest BCUT2D eigenvalue weighted by Gasteiger charge is -2.25. The Morgan fingerprint density at radius 3 is 2.14 bits per heavy atom. The zero-order chi connectivity index (χ0) is 20.6. The summed E-state index contributed by atoms with van der Waals surface area (Å²) in [4.78, 5) is 0.263. The lowest BCUT2D eigenvalue weighted by molar-refractivity contribution is 0.251. The van der Waals surface area contributed by atoms with Gasteiger partial charge in [0.1, 0.15) is 0 Å². The molecule has 0 aliphatic rings. The third-order valence-corrected chi connectivity index (χ3v) is 7.29. The summed E-state index contributed by atoms with van der Waals surface area (Å²) in [7, 11) is -3.59. The van der Waals surface area contributed by atoms with Gasteiger partial charge in [-0.25, -0.2) is 8.42 Å². The van der Waals surface area contributed by atoms with Crippen molar-refractivity contribution in [1.82, 2.24) is 4.31 Å². The molecule has 28 heavy (non-hydrogen) atoms. The Labute approximate surface area is 174 Å². The van der Waals surface area contributed by atoms with Gasteiger partial charge in [0, 0.05) is 24.7 Å². The Hall–Kier alpha value is -1.40. The lowest BCUT2D eigenvalue weighted by Crippen LogP contribution is -2.34. The number of aliphatic hydroxyl groups is 1. The van der Waals surface area contributed by atoms with E-state index >= 15 is 0 Å². The Morgan fingerprint density at radius 2 is 1.54 bits per heavy atom. The van der Waals surface area contributed by atoms with Gasteiger partial charge in [0.25, 0.3) is 0 Å². The molecule has 2 rings (SSSR count). The minimum Gasteiger partial charge on any atom is -0.396 e. The summed E-state index contributed by atoms with van der Waals surface area (Å²) >= 11 is 5.92. The van der Waals surface area contributed by atoms with Crippen molar-refractivity contribution in [2.45, 2.75) is 43.9 Å². The van der Waals surface area contributed by atoms with Gasteiger partial charge in [0.05, 0.1) is 4.90 Å². The molecule has 2 aromatic rings. The van der Waals surface area contributed by atoms with E-state index in [0.29, 0.717) is 31.0 Å². The summed E-state index contributed by atoms with van der Waals surface area (Å²) in [5, 5.41) is 9.64. The van der Waals surface area contributed by atoms with Gasteiger partial charge in [-0.3, -0.25) is 0 Å². The number of hydrogen-bond donors (Lipinski definition) is 1. The normalized spacial score (nSPS) is 14.2. The summed E-state index contributed by atoms with van der Waals surface area (Å²) in [6.45, 7) is 5.17. The molecule has 0 radical (unpaired) electrons. The van der Waals surface area contributed by atoms with Gasteiger partial charge in [-0.15, -0.1) is 0 Å². The molecule has 0 amide bonds. The van der Waals surface area contributed by atoms with Crippen molar-refractivity contribution in [3.8, 4) is 0 Å². The van der Waals surface area contributed by atoms with Gasteiger partial charge < -0.3 is 5.11 Å². The van der Waals surface area contributed by atoms with Crippen molar-refractivity contribution in [2.75, 3.05) is 19.7 Å². The van der Waals surface area contributed by atoms with Crippen molar-refractivity contribution >= 4 is 21.6 Å². The number of benzene rings is 2. The van der Waals surface area contributed by atoms with Crippen LogP contribution in [0.25, 0.3) is 0 Å². The van der Waals surface area contributed by atoms with Crippen molar-refractivity contribution < 1.29 is 13.5 Å². The van der Waals surface area contributed by atoms with E-state index in [1.807, 2.05) is 25.1 Å².